The van der Waals surface area contributed by atoms with Crippen LogP contribution in [0.2, 0.25) is 0 Å². The third kappa shape index (κ3) is 3.97. The van der Waals surface area contributed by atoms with Gasteiger partial charge in [-0.2, -0.15) is 5.10 Å². The Bertz CT molecular complexity index is 1040. The Morgan fingerprint density at radius 3 is 2.76 bits per heavy atom. The number of rotatable bonds is 6. The third-order valence-corrected chi connectivity index (χ3v) is 4.07. The Hall–Kier alpha value is -3.66. The molecule has 0 radical (unpaired) electrons. The molecule has 0 atom stereocenters. The van der Waals surface area contributed by atoms with E-state index in [4.69, 9.17) is 10.5 Å². The van der Waals surface area contributed by atoms with Crippen LogP contribution in [0.25, 0.3) is 11.3 Å². The van der Waals surface area contributed by atoms with Gasteiger partial charge in [-0.3, -0.25) is 9.89 Å². The van der Waals surface area contributed by atoms with Gasteiger partial charge in [0.15, 0.2) is 11.5 Å². The van der Waals surface area contributed by atoms with E-state index in [0.29, 0.717) is 35.8 Å². The molecule has 1 amide bonds. The van der Waals surface area contributed by atoms with Crippen molar-refractivity contribution in [2.24, 2.45) is 5.73 Å². The predicted molar refractivity (Wildman–Crippen MR) is 99.2 cm³/mol. The summed E-state index contributed by atoms with van der Waals surface area (Å²) in [7, 11) is 0. The molecule has 1 aliphatic rings. The molecule has 1 aromatic heterocycles. The fourth-order valence-electron chi connectivity index (χ4n) is 2.81. The van der Waals surface area contributed by atoms with E-state index in [1.807, 2.05) is 0 Å². The maximum atomic E-state index is 13.1. The number of amides is 1. The molecule has 10 heteroatoms. The van der Waals surface area contributed by atoms with E-state index in [1.165, 1.54) is 18.2 Å². The maximum absolute atomic E-state index is 13.1. The van der Waals surface area contributed by atoms with Gasteiger partial charge in [0.2, 0.25) is 0 Å². The molecule has 3 aromatic rings. The highest BCUT2D eigenvalue weighted by atomic mass is 19.3. The second-order valence-corrected chi connectivity index (χ2v) is 6.10. The van der Waals surface area contributed by atoms with Crippen LogP contribution < -0.4 is 25.3 Å². The molecular weight excluding hydrogens is 386 g/mol. The number of hydrogen-bond donors (Lipinski definition) is 3. The number of halogens is 2. The summed E-state index contributed by atoms with van der Waals surface area (Å²) in [5.74, 6) is -0.262. The van der Waals surface area contributed by atoms with Gasteiger partial charge in [0.25, 0.3) is 5.91 Å². The fraction of sp³-hybridized carbons (Fsp3) is 0.158. The van der Waals surface area contributed by atoms with Crippen molar-refractivity contribution in [3.63, 3.8) is 0 Å². The Morgan fingerprint density at radius 1 is 1.17 bits per heavy atom. The normalized spacial score (nSPS) is 13.9. The first kappa shape index (κ1) is 18.7. The number of fused-ring (bicyclic) bond motifs is 1. The van der Waals surface area contributed by atoms with Gasteiger partial charge < -0.3 is 25.3 Å². The molecule has 29 heavy (non-hydrogen) atoms. The second kappa shape index (κ2) is 7.40. The number of carbonyl (C=O) groups is 1. The van der Waals surface area contributed by atoms with Crippen LogP contribution in [0.15, 0.2) is 48.7 Å². The molecule has 2 aromatic carbocycles. The molecule has 0 aliphatic carbocycles. The number of benzene rings is 2. The SMILES string of the molecule is NCCOc1ccc(NC(=O)c2ccc3c(c2)OC(F)(F)O3)cc1-c1ccn[nH]1. The van der Waals surface area contributed by atoms with Crippen LogP contribution in [-0.2, 0) is 0 Å². The number of anilines is 1. The van der Waals surface area contributed by atoms with Crippen LogP contribution in [0.4, 0.5) is 14.5 Å². The molecule has 0 bridgehead atoms. The minimum atomic E-state index is -3.74. The lowest BCUT2D eigenvalue weighted by atomic mass is 10.1. The van der Waals surface area contributed by atoms with E-state index >= 15 is 0 Å². The second-order valence-electron chi connectivity index (χ2n) is 6.10. The van der Waals surface area contributed by atoms with E-state index in [0.717, 1.165) is 0 Å². The van der Waals surface area contributed by atoms with Gasteiger partial charge in [0.1, 0.15) is 12.4 Å². The smallest absolute Gasteiger partial charge is 0.492 e. The van der Waals surface area contributed by atoms with Crippen LogP contribution in [0.5, 0.6) is 17.2 Å². The first-order chi connectivity index (χ1) is 13.9. The Morgan fingerprint density at radius 2 is 2.00 bits per heavy atom. The van der Waals surface area contributed by atoms with Crippen LogP contribution >= 0.6 is 0 Å². The standard InChI is InChI=1S/C19H16F2N4O4/c20-19(21)28-16-3-1-11(9-17(16)29-19)18(26)24-12-2-4-15(27-8-6-22)13(10-12)14-5-7-23-25-14/h1-5,7,9-10H,6,8,22H2,(H,23,25)(H,24,26). The first-order valence-corrected chi connectivity index (χ1v) is 8.63. The summed E-state index contributed by atoms with van der Waals surface area (Å²) in [5, 5.41) is 9.48. The van der Waals surface area contributed by atoms with Gasteiger partial charge in [-0.1, -0.05) is 0 Å². The number of nitrogens with zero attached hydrogens (tertiary/aromatic N) is 1. The minimum absolute atomic E-state index is 0.130. The first-order valence-electron chi connectivity index (χ1n) is 8.63. The number of nitrogens with two attached hydrogens (primary N) is 1. The largest absolute Gasteiger partial charge is 0.586 e. The summed E-state index contributed by atoms with van der Waals surface area (Å²) in [6.45, 7) is 0.679. The monoisotopic (exact) mass is 402 g/mol. The van der Waals surface area contributed by atoms with Crippen LogP contribution in [-0.4, -0.2) is 35.6 Å². The van der Waals surface area contributed by atoms with Crippen LogP contribution in [0, 0.1) is 0 Å². The van der Waals surface area contributed by atoms with Gasteiger partial charge in [0.05, 0.1) is 5.69 Å². The van der Waals surface area contributed by atoms with E-state index < -0.39 is 12.2 Å². The molecule has 1 aliphatic heterocycles. The molecule has 4 N–H and O–H groups in total. The van der Waals surface area contributed by atoms with Gasteiger partial charge in [0, 0.05) is 29.6 Å². The zero-order chi connectivity index (χ0) is 20.4. The average molecular weight is 402 g/mol. The zero-order valence-corrected chi connectivity index (χ0v) is 14.9. The number of ether oxygens (including phenoxy) is 3. The summed E-state index contributed by atoms with van der Waals surface area (Å²) < 4.78 is 40.6. The van der Waals surface area contributed by atoms with Crippen LogP contribution in [0.1, 0.15) is 10.4 Å². The van der Waals surface area contributed by atoms with Gasteiger partial charge in [-0.05, 0) is 42.5 Å². The van der Waals surface area contributed by atoms with Crippen molar-refractivity contribution in [2.45, 2.75) is 6.29 Å². The molecule has 0 spiro atoms. The lowest BCUT2D eigenvalue weighted by Crippen LogP contribution is -2.25. The third-order valence-electron chi connectivity index (χ3n) is 4.07. The number of hydrogen-bond acceptors (Lipinski definition) is 6. The number of nitrogens with one attached hydrogen (secondary N) is 2. The van der Waals surface area contributed by atoms with E-state index in [9.17, 15) is 13.6 Å². The fourth-order valence-corrected chi connectivity index (χ4v) is 2.81. The van der Waals surface area contributed by atoms with Crippen molar-refractivity contribution >= 4 is 11.6 Å². The average Bonchev–Trinajstić information content (AvgIpc) is 3.32. The molecule has 2 heterocycles. The van der Waals surface area contributed by atoms with Crippen molar-refractivity contribution in [3.05, 3.63) is 54.2 Å². The highest BCUT2D eigenvalue weighted by Crippen LogP contribution is 2.41. The van der Waals surface area contributed by atoms with Crippen molar-refractivity contribution < 1.29 is 27.8 Å². The van der Waals surface area contributed by atoms with Gasteiger partial charge in [-0.25, -0.2) is 0 Å². The summed E-state index contributed by atoms with van der Waals surface area (Å²) in [6.07, 6.45) is -2.15. The topological polar surface area (TPSA) is 111 Å². The quantitative estimate of drug-likeness (QED) is 0.585. The Balaban J connectivity index is 1.57. The number of H-pyrrole nitrogens is 1. The molecular formula is C19H16F2N4O4. The molecule has 0 fully saturated rings. The van der Waals surface area contributed by atoms with E-state index in [-0.39, 0.29) is 17.1 Å². The number of carbonyl (C=O) groups excluding carboxylic acids is 1. The molecule has 0 saturated carbocycles. The highest BCUT2D eigenvalue weighted by molar-refractivity contribution is 6.05. The summed E-state index contributed by atoms with van der Waals surface area (Å²) in [4.78, 5) is 12.6. The number of aromatic nitrogens is 2. The number of alkyl halides is 2. The molecule has 0 unspecified atom stereocenters. The van der Waals surface area contributed by atoms with Crippen LogP contribution in [0.3, 0.4) is 0 Å². The summed E-state index contributed by atoms with van der Waals surface area (Å²) in [6, 6.07) is 10.6. The molecule has 8 nitrogen and oxygen atoms in total. The number of aromatic amines is 1. The summed E-state index contributed by atoms with van der Waals surface area (Å²) in [5.41, 5.74) is 7.48. The minimum Gasteiger partial charge on any atom is -0.492 e. The predicted octanol–water partition coefficient (Wildman–Crippen LogP) is 2.99. The maximum Gasteiger partial charge on any atom is 0.586 e. The molecule has 0 saturated heterocycles. The molecule has 150 valence electrons. The van der Waals surface area contributed by atoms with Gasteiger partial charge >= 0.3 is 6.29 Å². The van der Waals surface area contributed by atoms with Crippen molar-refractivity contribution in [3.8, 4) is 28.5 Å². The van der Waals surface area contributed by atoms with E-state index in [2.05, 4.69) is 25.0 Å². The van der Waals surface area contributed by atoms with Crippen molar-refractivity contribution in [1.29, 1.82) is 0 Å². The van der Waals surface area contributed by atoms with Crippen molar-refractivity contribution in [1.82, 2.24) is 10.2 Å². The Kier molecular flexibility index (Phi) is 4.77. The molecule has 4 rings (SSSR count). The van der Waals surface area contributed by atoms with Gasteiger partial charge in [-0.15, -0.1) is 8.78 Å². The lowest BCUT2D eigenvalue weighted by molar-refractivity contribution is -0.286. The highest BCUT2D eigenvalue weighted by Gasteiger charge is 2.43. The zero-order valence-electron chi connectivity index (χ0n) is 14.9. The Labute approximate surface area is 163 Å². The lowest BCUT2D eigenvalue weighted by Gasteiger charge is -2.13. The van der Waals surface area contributed by atoms with E-state index in [1.54, 1.807) is 30.5 Å². The van der Waals surface area contributed by atoms with Crippen molar-refractivity contribution in [2.75, 3.05) is 18.5 Å². The summed E-state index contributed by atoms with van der Waals surface area (Å²) >= 11 is 0.